The number of aryl methyl sites for hydroxylation is 4. The lowest BCUT2D eigenvalue weighted by molar-refractivity contribution is 0.477. The standard InChI is InChI=1S/C20H36N8S/c1-15(2)14-27-18(24-25-20(27)29-6)9-7-10-22-19(21-5)23-11-8-12-28-17(4)13-16(3)26-28/h13,15H,7-12,14H2,1-6H3,(H2,21,22,23). The summed E-state index contributed by atoms with van der Waals surface area (Å²) >= 11 is 1.66. The molecule has 0 aliphatic carbocycles. The number of aliphatic imine (C=N–C) groups is 1. The second kappa shape index (κ2) is 11.8. The molecule has 9 heteroatoms. The molecule has 2 heterocycles. The monoisotopic (exact) mass is 420 g/mol. The van der Waals surface area contributed by atoms with Gasteiger partial charge >= 0.3 is 0 Å². The van der Waals surface area contributed by atoms with Gasteiger partial charge in [0.15, 0.2) is 11.1 Å². The minimum atomic E-state index is 0.575. The molecule has 2 aromatic heterocycles. The zero-order chi connectivity index (χ0) is 21.2. The first kappa shape index (κ1) is 23.3. The Morgan fingerprint density at radius 2 is 1.90 bits per heavy atom. The molecule has 0 unspecified atom stereocenters. The average Bonchev–Trinajstić information content (AvgIpc) is 3.21. The van der Waals surface area contributed by atoms with Crippen LogP contribution in [-0.2, 0) is 19.5 Å². The third-order valence-electron chi connectivity index (χ3n) is 4.56. The van der Waals surface area contributed by atoms with Gasteiger partial charge in [-0.05, 0) is 44.9 Å². The summed E-state index contributed by atoms with van der Waals surface area (Å²) < 4.78 is 4.31. The van der Waals surface area contributed by atoms with Crippen LogP contribution >= 0.6 is 11.8 Å². The summed E-state index contributed by atoms with van der Waals surface area (Å²) in [6, 6.07) is 2.11. The van der Waals surface area contributed by atoms with Crippen LogP contribution in [0.1, 0.15) is 43.9 Å². The third-order valence-corrected chi connectivity index (χ3v) is 5.23. The van der Waals surface area contributed by atoms with Crippen molar-refractivity contribution in [2.24, 2.45) is 10.9 Å². The molecule has 2 N–H and O–H groups in total. The highest BCUT2D eigenvalue weighted by Gasteiger charge is 2.12. The van der Waals surface area contributed by atoms with Crippen LogP contribution in [0, 0.1) is 19.8 Å². The molecular weight excluding hydrogens is 384 g/mol. The van der Waals surface area contributed by atoms with Crippen LogP contribution < -0.4 is 10.6 Å². The number of nitrogens with one attached hydrogen (secondary N) is 2. The van der Waals surface area contributed by atoms with E-state index >= 15 is 0 Å². The molecule has 0 bridgehead atoms. The van der Waals surface area contributed by atoms with E-state index in [2.05, 4.69) is 73.3 Å². The fourth-order valence-electron chi connectivity index (χ4n) is 3.21. The van der Waals surface area contributed by atoms with Gasteiger partial charge in [0, 0.05) is 45.3 Å². The summed E-state index contributed by atoms with van der Waals surface area (Å²) in [6.45, 7) is 12.1. The number of rotatable bonds is 11. The van der Waals surface area contributed by atoms with Crippen molar-refractivity contribution in [1.82, 2.24) is 35.2 Å². The molecule has 0 fully saturated rings. The molecule has 0 atom stereocenters. The van der Waals surface area contributed by atoms with E-state index in [1.165, 1.54) is 5.69 Å². The highest BCUT2D eigenvalue weighted by Crippen LogP contribution is 2.16. The summed E-state index contributed by atoms with van der Waals surface area (Å²) in [4.78, 5) is 4.31. The van der Waals surface area contributed by atoms with Crippen molar-refractivity contribution in [1.29, 1.82) is 0 Å². The normalized spacial score (nSPS) is 12.0. The van der Waals surface area contributed by atoms with Gasteiger partial charge in [-0.25, -0.2) is 0 Å². The van der Waals surface area contributed by atoms with Crippen molar-refractivity contribution in [2.75, 3.05) is 26.4 Å². The Labute approximate surface area is 179 Å². The molecule has 2 aromatic rings. The van der Waals surface area contributed by atoms with E-state index in [1.54, 1.807) is 18.8 Å². The third kappa shape index (κ3) is 7.38. The number of thioether (sulfide) groups is 1. The van der Waals surface area contributed by atoms with E-state index in [0.717, 1.165) is 68.1 Å². The largest absolute Gasteiger partial charge is 0.356 e. The molecule has 0 amide bonds. The Morgan fingerprint density at radius 1 is 1.17 bits per heavy atom. The highest BCUT2D eigenvalue weighted by molar-refractivity contribution is 7.98. The van der Waals surface area contributed by atoms with Gasteiger partial charge in [0.05, 0.1) is 5.69 Å². The molecule has 0 spiro atoms. The molecule has 0 aliphatic heterocycles. The lowest BCUT2D eigenvalue weighted by atomic mass is 10.2. The average molecular weight is 421 g/mol. The molecule has 2 rings (SSSR count). The van der Waals surface area contributed by atoms with Crippen LogP contribution in [0.25, 0.3) is 0 Å². The summed E-state index contributed by atoms with van der Waals surface area (Å²) in [5.41, 5.74) is 2.28. The molecule has 162 valence electrons. The number of nitrogens with zero attached hydrogens (tertiary/aromatic N) is 6. The van der Waals surface area contributed by atoms with Gasteiger partial charge in [-0.15, -0.1) is 10.2 Å². The maximum atomic E-state index is 4.50. The second-order valence-electron chi connectivity index (χ2n) is 7.64. The first-order valence-electron chi connectivity index (χ1n) is 10.4. The van der Waals surface area contributed by atoms with E-state index in [1.807, 2.05) is 6.92 Å². The van der Waals surface area contributed by atoms with Crippen molar-refractivity contribution in [3.63, 3.8) is 0 Å². The smallest absolute Gasteiger partial charge is 0.190 e. The lowest BCUT2D eigenvalue weighted by Crippen LogP contribution is -2.38. The minimum absolute atomic E-state index is 0.575. The zero-order valence-corrected chi connectivity index (χ0v) is 19.5. The SMILES string of the molecule is CN=C(NCCCc1nnc(SC)n1CC(C)C)NCCCn1nc(C)cc1C. The van der Waals surface area contributed by atoms with E-state index in [0.29, 0.717) is 5.92 Å². The number of aromatic nitrogens is 5. The predicted octanol–water partition coefficient (Wildman–Crippen LogP) is 2.66. The summed E-state index contributed by atoms with van der Waals surface area (Å²) in [5, 5.41) is 21.0. The fraction of sp³-hybridized carbons (Fsp3) is 0.700. The van der Waals surface area contributed by atoms with Gasteiger partial charge < -0.3 is 15.2 Å². The number of hydrogen-bond donors (Lipinski definition) is 2. The van der Waals surface area contributed by atoms with Crippen LogP contribution in [0.15, 0.2) is 16.2 Å². The van der Waals surface area contributed by atoms with Gasteiger partial charge in [0.2, 0.25) is 0 Å². The maximum absolute atomic E-state index is 4.50. The maximum Gasteiger partial charge on any atom is 0.190 e. The van der Waals surface area contributed by atoms with E-state index in [-0.39, 0.29) is 0 Å². The Hall–Kier alpha value is -2.03. The van der Waals surface area contributed by atoms with Crippen LogP contribution in [-0.4, -0.2) is 56.9 Å². The van der Waals surface area contributed by atoms with Gasteiger partial charge in [0.1, 0.15) is 5.82 Å². The van der Waals surface area contributed by atoms with Gasteiger partial charge in [-0.3, -0.25) is 9.67 Å². The molecule has 29 heavy (non-hydrogen) atoms. The van der Waals surface area contributed by atoms with Gasteiger partial charge in [0.25, 0.3) is 0 Å². The molecule has 8 nitrogen and oxygen atoms in total. The number of guanidine groups is 1. The van der Waals surface area contributed by atoms with Crippen LogP contribution in [0.4, 0.5) is 0 Å². The molecule has 0 saturated carbocycles. The van der Waals surface area contributed by atoms with Crippen molar-refractivity contribution >= 4 is 17.7 Å². The van der Waals surface area contributed by atoms with Gasteiger partial charge in [-0.1, -0.05) is 25.6 Å². The van der Waals surface area contributed by atoms with Crippen LogP contribution in [0.5, 0.6) is 0 Å². The molecule has 0 radical (unpaired) electrons. The van der Waals surface area contributed by atoms with Crippen LogP contribution in [0.3, 0.4) is 0 Å². The Balaban J connectivity index is 1.69. The molecule has 0 aliphatic rings. The predicted molar refractivity (Wildman–Crippen MR) is 121 cm³/mol. The molecule has 0 aromatic carbocycles. The van der Waals surface area contributed by atoms with Gasteiger partial charge in [-0.2, -0.15) is 5.10 Å². The Bertz CT molecular complexity index is 778. The summed E-state index contributed by atoms with van der Waals surface area (Å²) in [6.07, 6.45) is 4.94. The van der Waals surface area contributed by atoms with E-state index in [9.17, 15) is 0 Å². The first-order valence-corrected chi connectivity index (χ1v) is 11.6. The lowest BCUT2D eigenvalue weighted by Gasteiger charge is -2.13. The first-order chi connectivity index (χ1) is 13.9. The van der Waals surface area contributed by atoms with Crippen molar-refractivity contribution in [2.45, 2.75) is 65.2 Å². The summed E-state index contributed by atoms with van der Waals surface area (Å²) in [7, 11) is 1.81. The van der Waals surface area contributed by atoms with Crippen molar-refractivity contribution < 1.29 is 0 Å². The van der Waals surface area contributed by atoms with E-state index < -0.39 is 0 Å². The Kier molecular flexibility index (Phi) is 9.50. The summed E-state index contributed by atoms with van der Waals surface area (Å²) in [5.74, 6) is 2.48. The Morgan fingerprint density at radius 3 is 2.48 bits per heavy atom. The zero-order valence-electron chi connectivity index (χ0n) is 18.7. The van der Waals surface area contributed by atoms with Crippen molar-refractivity contribution in [3.8, 4) is 0 Å². The second-order valence-corrected chi connectivity index (χ2v) is 8.41. The van der Waals surface area contributed by atoms with Crippen molar-refractivity contribution in [3.05, 3.63) is 23.3 Å². The van der Waals surface area contributed by atoms with Crippen LogP contribution in [0.2, 0.25) is 0 Å². The fourth-order valence-corrected chi connectivity index (χ4v) is 3.74. The minimum Gasteiger partial charge on any atom is -0.356 e. The molecular formula is C20H36N8S. The quantitative estimate of drug-likeness (QED) is 0.252. The topological polar surface area (TPSA) is 85.0 Å². The molecule has 0 saturated heterocycles. The number of hydrogen-bond acceptors (Lipinski definition) is 5. The highest BCUT2D eigenvalue weighted by atomic mass is 32.2. The van der Waals surface area contributed by atoms with E-state index in [4.69, 9.17) is 0 Å².